The highest BCUT2D eigenvalue weighted by molar-refractivity contribution is 5.62. The van der Waals surface area contributed by atoms with E-state index in [1.807, 2.05) is 6.07 Å². The maximum atomic E-state index is 14.7. The van der Waals surface area contributed by atoms with Crippen molar-refractivity contribution in [3.05, 3.63) is 30.0 Å². The van der Waals surface area contributed by atoms with E-state index in [1.165, 1.54) is 0 Å². The van der Waals surface area contributed by atoms with Crippen LogP contribution in [0.5, 0.6) is 5.75 Å². The minimum absolute atomic E-state index is 0.0623. The van der Waals surface area contributed by atoms with E-state index >= 15 is 0 Å². The van der Waals surface area contributed by atoms with Crippen LogP contribution in [0.4, 0.5) is 14.7 Å². The Balaban J connectivity index is 1.39. The number of imidazole rings is 1. The average molecular weight is 427 g/mol. The first-order valence-corrected chi connectivity index (χ1v) is 10.6. The van der Waals surface area contributed by atoms with Crippen molar-refractivity contribution in [3.8, 4) is 17.1 Å². The summed E-state index contributed by atoms with van der Waals surface area (Å²) in [6, 6.07) is 1.37. The Labute approximate surface area is 177 Å². The van der Waals surface area contributed by atoms with Crippen LogP contribution in [0, 0.1) is 11.7 Å². The largest absolute Gasteiger partial charge is 0.495 e. The molecule has 0 spiro atoms. The zero-order valence-corrected chi connectivity index (χ0v) is 17.1. The molecule has 3 aromatic rings. The van der Waals surface area contributed by atoms with Crippen LogP contribution in [0.3, 0.4) is 0 Å². The van der Waals surface area contributed by atoms with Gasteiger partial charge in [-0.3, -0.25) is 0 Å². The second kappa shape index (κ2) is 6.81. The van der Waals surface area contributed by atoms with Gasteiger partial charge in [0.1, 0.15) is 29.0 Å². The molecule has 3 aliphatic carbocycles. The Morgan fingerprint density at radius 2 is 2.10 bits per heavy atom. The lowest BCUT2D eigenvalue weighted by molar-refractivity contribution is -0.0333. The van der Waals surface area contributed by atoms with E-state index in [2.05, 4.69) is 25.6 Å². The zero-order valence-electron chi connectivity index (χ0n) is 17.1. The van der Waals surface area contributed by atoms with E-state index < -0.39 is 18.0 Å². The Morgan fingerprint density at radius 1 is 1.26 bits per heavy atom. The van der Waals surface area contributed by atoms with E-state index in [-0.39, 0.29) is 17.1 Å². The van der Waals surface area contributed by atoms with Gasteiger partial charge >= 0.3 is 0 Å². The van der Waals surface area contributed by atoms with E-state index in [9.17, 15) is 8.78 Å². The van der Waals surface area contributed by atoms with Crippen molar-refractivity contribution in [2.75, 3.05) is 25.5 Å². The van der Waals surface area contributed by atoms with Crippen molar-refractivity contribution < 1.29 is 13.5 Å². The van der Waals surface area contributed by atoms with Crippen molar-refractivity contribution >= 4 is 11.6 Å². The van der Waals surface area contributed by atoms with Crippen LogP contribution < -0.4 is 15.4 Å². The van der Waals surface area contributed by atoms with Gasteiger partial charge in [0.05, 0.1) is 25.5 Å². The number of ether oxygens (including phenoxy) is 1. The second-order valence-electron chi connectivity index (χ2n) is 8.88. The van der Waals surface area contributed by atoms with Gasteiger partial charge in [0.2, 0.25) is 5.95 Å². The van der Waals surface area contributed by atoms with Crippen LogP contribution in [-0.4, -0.2) is 57.0 Å². The van der Waals surface area contributed by atoms with E-state index in [0.717, 1.165) is 37.1 Å². The highest BCUT2D eigenvalue weighted by Crippen LogP contribution is 2.66. The van der Waals surface area contributed by atoms with Gasteiger partial charge in [0, 0.05) is 18.0 Å². The fourth-order valence-electron chi connectivity index (χ4n) is 5.10. The molecule has 4 aliphatic rings. The smallest absolute Gasteiger partial charge is 0.223 e. The molecule has 4 fully saturated rings. The predicted octanol–water partition coefficient (Wildman–Crippen LogP) is 2.50. The van der Waals surface area contributed by atoms with Gasteiger partial charge in [-0.2, -0.15) is 5.10 Å². The Morgan fingerprint density at radius 3 is 2.81 bits per heavy atom. The monoisotopic (exact) mass is 427 g/mol. The van der Waals surface area contributed by atoms with Gasteiger partial charge in [-0.1, -0.05) is 0 Å². The lowest BCUT2D eigenvalue weighted by Gasteiger charge is -2.61. The molecule has 2 atom stereocenters. The third-order valence-electron chi connectivity index (χ3n) is 6.92. The minimum Gasteiger partial charge on any atom is -0.495 e. The highest BCUT2D eigenvalue weighted by atomic mass is 19.1. The van der Waals surface area contributed by atoms with Gasteiger partial charge in [-0.05, 0) is 38.1 Å². The fraction of sp³-hybridized carbons (Fsp3) is 0.524. The number of aromatic nitrogens is 5. The number of alkyl halides is 1. The van der Waals surface area contributed by atoms with E-state index in [0.29, 0.717) is 36.6 Å². The summed E-state index contributed by atoms with van der Waals surface area (Å²) in [5, 5.41) is 11.0. The van der Waals surface area contributed by atoms with Crippen molar-refractivity contribution in [2.24, 2.45) is 5.92 Å². The first-order chi connectivity index (χ1) is 15.1. The number of piperidine rings is 1. The van der Waals surface area contributed by atoms with Gasteiger partial charge in [0.25, 0.3) is 0 Å². The number of hydrogen-bond donors (Lipinski definition) is 2. The third-order valence-corrected chi connectivity index (χ3v) is 6.92. The van der Waals surface area contributed by atoms with Crippen LogP contribution in [0.1, 0.15) is 31.4 Å². The number of fused-ring (bicyclic) bond motifs is 1. The number of nitrogens with one attached hydrogen (secondary N) is 2. The topological polar surface area (TPSA) is 89.3 Å². The molecule has 31 heavy (non-hydrogen) atoms. The number of methoxy groups -OCH3 is 1. The molecule has 7 rings (SSSR count). The Bertz CT molecular complexity index is 1150. The summed E-state index contributed by atoms with van der Waals surface area (Å²) in [5.41, 5.74) is 2.00. The summed E-state index contributed by atoms with van der Waals surface area (Å²) in [5.74, 6) is 1.09. The number of hydrogen-bond acceptors (Lipinski definition) is 7. The molecule has 0 amide bonds. The standard InChI is InChI=1S/C21H23F2N7O/c1-31-16-4-17-25-10-15(30(17)29-19(16)21-5-11(6-21)7-21)18-13(23)8-26-20(28-18)27-14-9-24-3-2-12(14)22/h4,8,10-12,14,24H,2-3,5-7,9H2,1H3,(H,26,27,28). The van der Waals surface area contributed by atoms with Crippen LogP contribution in [0.2, 0.25) is 0 Å². The van der Waals surface area contributed by atoms with Crippen LogP contribution >= 0.6 is 0 Å². The molecule has 2 N–H and O–H groups in total. The van der Waals surface area contributed by atoms with Crippen molar-refractivity contribution in [2.45, 2.75) is 43.3 Å². The van der Waals surface area contributed by atoms with Crippen molar-refractivity contribution in [1.82, 2.24) is 29.9 Å². The SMILES string of the molecule is COc1cc2ncc(-c3nc(NC4CNCCC4F)ncc3F)n2nc1C12CC(C1)C2. The Hall–Kier alpha value is -2.88. The number of nitrogens with zero attached hydrogens (tertiary/aromatic N) is 5. The molecule has 4 heterocycles. The zero-order chi connectivity index (χ0) is 21.2. The molecule has 8 nitrogen and oxygen atoms in total. The summed E-state index contributed by atoms with van der Waals surface area (Å²) in [6.45, 7) is 1.09. The first-order valence-electron chi connectivity index (χ1n) is 10.6. The molecule has 1 saturated heterocycles. The number of halogens is 2. The molecule has 2 unspecified atom stereocenters. The molecule has 2 bridgehead atoms. The molecule has 3 saturated carbocycles. The van der Waals surface area contributed by atoms with Crippen LogP contribution in [0.15, 0.2) is 18.5 Å². The lowest BCUT2D eigenvalue weighted by atomic mass is 9.43. The Kier molecular flexibility index (Phi) is 4.14. The predicted molar refractivity (Wildman–Crippen MR) is 109 cm³/mol. The quantitative estimate of drug-likeness (QED) is 0.647. The second-order valence-corrected chi connectivity index (χ2v) is 8.88. The molecular weight excluding hydrogens is 404 g/mol. The molecule has 10 heteroatoms. The summed E-state index contributed by atoms with van der Waals surface area (Å²) >= 11 is 0. The average Bonchev–Trinajstić information content (AvgIpc) is 3.11. The van der Waals surface area contributed by atoms with Gasteiger partial charge in [-0.25, -0.2) is 28.2 Å². The van der Waals surface area contributed by atoms with Crippen LogP contribution in [-0.2, 0) is 5.41 Å². The summed E-state index contributed by atoms with van der Waals surface area (Å²) in [7, 11) is 1.63. The third kappa shape index (κ3) is 2.88. The first kappa shape index (κ1) is 18.9. The molecule has 0 aromatic carbocycles. The fourth-order valence-corrected chi connectivity index (χ4v) is 5.10. The summed E-state index contributed by atoms with van der Waals surface area (Å²) < 4.78 is 36.2. The highest BCUT2D eigenvalue weighted by Gasteiger charge is 2.59. The van der Waals surface area contributed by atoms with Gasteiger partial charge < -0.3 is 15.4 Å². The normalized spacial score (nSPS) is 29.3. The molecule has 1 aliphatic heterocycles. The molecule has 162 valence electrons. The van der Waals surface area contributed by atoms with Crippen molar-refractivity contribution in [1.29, 1.82) is 0 Å². The van der Waals surface area contributed by atoms with E-state index in [1.54, 1.807) is 17.8 Å². The number of rotatable bonds is 5. The van der Waals surface area contributed by atoms with Gasteiger partial charge in [-0.15, -0.1) is 0 Å². The van der Waals surface area contributed by atoms with E-state index in [4.69, 9.17) is 9.84 Å². The maximum Gasteiger partial charge on any atom is 0.223 e. The van der Waals surface area contributed by atoms with Gasteiger partial charge in [0.15, 0.2) is 11.5 Å². The minimum atomic E-state index is -1.01. The molecule has 0 radical (unpaired) electrons. The maximum absolute atomic E-state index is 14.7. The number of anilines is 1. The molecular formula is C21H23F2N7O. The van der Waals surface area contributed by atoms with Crippen molar-refractivity contribution in [3.63, 3.8) is 0 Å². The lowest BCUT2D eigenvalue weighted by Crippen LogP contribution is -2.56. The summed E-state index contributed by atoms with van der Waals surface area (Å²) in [6.07, 6.45) is 5.38. The molecule has 3 aromatic heterocycles. The van der Waals surface area contributed by atoms with Crippen LogP contribution in [0.25, 0.3) is 17.0 Å². The summed E-state index contributed by atoms with van der Waals surface area (Å²) in [4.78, 5) is 12.7.